The van der Waals surface area contributed by atoms with Crippen molar-refractivity contribution in [1.82, 2.24) is 9.97 Å². The van der Waals surface area contributed by atoms with E-state index in [2.05, 4.69) is 41.8 Å². The molecule has 1 saturated heterocycles. The zero-order chi connectivity index (χ0) is 14.0. The zero-order valence-electron chi connectivity index (χ0n) is 10.3. The molecule has 3 fully saturated rings. The van der Waals surface area contributed by atoms with E-state index in [0.717, 1.165) is 6.42 Å². The largest absolute Gasteiger partial charge is 0.274 e. The number of hydrogen-bond donors (Lipinski definition) is 0. The normalized spacial score (nSPS) is 42.4. The molecule has 1 aromatic rings. The molecule has 2 bridgehead atoms. The fraction of sp³-hybridized carbons (Fsp3) is 0.538. The SMILES string of the molecule is O=C1[C@@H]2[C@H]3C[C@@H]([C@H](Br)[C@H]3Br)[C@@H]2C(=O)N1c1ncccn1. The smallest absolute Gasteiger partial charge is 0.240 e. The van der Waals surface area contributed by atoms with Crippen molar-refractivity contribution in [2.75, 3.05) is 4.90 Å². The van der Waals surface area contributed by atoms with Crippen LogP contribution in [-0.4, -0.2) is 31.4 Å². The summed E-state index contributed by atoms with van der Waals surface area (Å²) in [5.74, 6) is -0.0540. The molecule has 1 aromatic heterocycles. The fourth-order valence-corrected chi connectivity index (χ4v) is 5.83. The minimum absolute atomic E-state index is 0.137. The molecule has 1 aliphatic heterocycles. The second-order valence-electron chi connectivity index (χ2n) is 5.56. The summed E-state index contributed by atoms with van der Waals surface area (Å²) in [6.45, 7) is 0. The van der Waals surface area contributed by atoms with Crippen molar-refractivity contribution in [2.24, 2.45) is 23.7 Å². The van der Waals surface area contributed by atoms with E-state index in [4.69, 9.17) is 0 Å². The quantitative estimate of drug-likeness (QED) is 0.532. The van der Waals surface area contributed by atoms with Crippen LogP contribution in [0.5, 0.6) is 0 Å². The standard InChI is InChI=1S/C13H11Br2N3O2/c14-9-5-4-6(10(9)15)8-7(5)11(19)18(12(8)20)13-16-2-1-3-17-13/h1-3,5-10H,4H2/t5-,6-,7-,8+,9+,10+/m1/s1. The van der Waals surface area contributed by atoms with Crippen molar-refractivity contribution in [3.05, 3.63) is 18.5 Å². The van der Waals surface area contributed by atoms with Crippen LogP contribution >= 0.6 is 31.9 Å². The van der Waals surface area contributed by atoms with Gasteiger partial charge in [-0.2, -0.15) is 0 Å². The molecule has 20 heavy (non-hydrogen) atoms. The third-order valence-corrected chi connectivity index (χ3v) is 7.95. The van der Waals surface area contributed by atoms with Crippen LogP contribution in [0.4, 0.5) is 5.95 Å². The summed E-state index contributed by atoms with van der Waals surface area (Å²) in [7, 11) is 0. The lowest BCUT2D eigenvalue weighted by molar-refractivity contribution is -0.123. The molecular weight excluding hydrogens is 390 g/mol. The van der Waals surface area contributed by atoms with E-state index in [0.29, 0.717) is 0 Å². The molecule has 6 atom stereocenters. The lowest BCUT2D eigenvalue weighted by atomic mass is 9.81. The summed E-state index contributed by atoms with van der Waals surface area (Å²) in [6.07, 6.45) is 4.03. The zero-order valence-corrected chi connectivity index (χ0v) is 13.5. The summed E-state index contributed by atoms with van der Waals surface area (Å²) < 4.78 is 0. The maximum atomic E-state index is 12.6. The third kappa shape index (κ3) is 1.48. The molecule has 5 nitrogen and oxygen atoms in total. The van der Waals surface area contributed by atoms with Crippen molar-refractivity contribution in [3.63, 3.8) is 0 Å². The number of rotatable bonds is 1. The van der Waals surface area contributed by atoms with Crippen LogP contribution in [0.25, 0.3) is 0 Å². The van der Waals surface area contributed by atoms with Crippen LogP contribution in [-0.2, 0) is 9.59 Å². The van der Waals surface area contributed by atoms with E-state index in [-0.39, 0.29) is 51.1 Å². The molecule has 7 heteroatoms. The van der Waals surface area contributed by atoms with E-state index in [1.165, 1.54) is 4.90 Å². The number of halogens is 2. The topological polar surface area (TPSA) is 63.2 Å². The molecule has 0 aromatic carbocycles. The van der Waals surface area contributed by atoms with Crippen molar-refractivity contribution >= 4 is 49.6 Å². The predicted octanol–water partition coefficient (Wildman–Crippen LogP) is 1.76. The monoisotopic (exact) mass is 399 g/mol. The van der Waals surface area contributed by atoms with Gasteiger partial charge in [-0.3, -0.25) is 9.59 Å². The number of anilines is 1. The molecule has 2 saturated carbocycles. The Labute approximate surface area is 132 Å². The Bertz CT molecular complexity index is 565. The first-order valence-corrected chi connectivity index (χ1v) is 8.37. The van der Waals surface area contributed by atoms with Gasteiger partial charge in [-0.05, 0) is 24.3 Å². The van der Waals surface area contributed by atoms with Gasteiger partial charge < -0.3 is 0 Å². The van der Waals surface area contributed by atoms with Crippen LogP contribution in [0.2, 0.25) is 0 Å². The van der Waals surface area contributed by atoms with Gasteiger partial charge in [0.1, 0.15) is 0 Å². The van der Waals surface area contributed by atoms with Crippen LogP contribution in [0, 0.1) is 23.7 Å². The maximum absolute atomic E-state index is 12.6. The van der Waals surface area contributed by atoms with Gasteiger partial charge in [0.25, 0.3) is 0 Å². The number of nitrogens with zero attached hydrogens (tertiary/aromatic N) is 3. The van der Waals surface area contributed by atoms with Crippen LogP contribution in [0.15, 0.2) is 18.5 Å². The highest BCUT2D eigenvalue weighted by Crippen LogP contribution is 2.60. The number of imide groups is 1. The Kier molecular flexibility index (Phi) is 2.79. The summed E-state index contributed by atoms with van der Waals surface area (Å²) >= 11 is 7.32. The van der Waals surface area contributed by atoms with Gasteiger partial charge in [-0.25, -0.2) is 14.9 Å². The Morgan fingerprint density at radius 2 is 1.50 bits per heavy atom. The van der Waals surface area contributed by atoms with E-state index in [1.807, 2.05) is 0 Å². The summed E-state index contributed by atoms with van der Waals surface area (Å²) in [5, 5.41) is 0. The number of alkyl halides is 2. The van der Waals surface area contributed by atoms with Crippen LogP contribution < -0.4 is 4.90 Å². The van der Waals surface area contributed by atoms with E-state index >= 15 is 0 Å². The number of hydrogen-bond acceptors (Lipinski definition) is 4. The maximum Gasteiger partial charge on any atom is 0.240 e. The second kappa shape index (κ2) is 4.34. The number of carbonyl (C=O) groups is 2. The predicted molar refractivity (Wildman–Crippen MR) is 78.5 cm³/mol. The number of amides is 2. The summed E-state index contributed by atoms with van der Waals surface area (Å²) in [5.41, 5.74) is 0. The highest BCUT2D eigenvalue weighted by Gasteiger charge is 2.66. The van der Waals surface area contributed by atoms with E-state index in [9.17, 15) is 9.59 Å². The lowest BCUT2D eigenvalue weighted by Gasteiger charge is -2.28. The van der Waals surface area contributed by atoms with Gasteiger partial charge >= 0.3 is 0 Å². The van der Waals surface area contributed by atoms with Gasteiger partial charge in [-0.15, -0.1) is 0 Å². The van der Waals surface area contributed by atoms with Gasteiger partial charge in [0.15, 0.2) is 0 Å². The van der Waals surface area contributed by atoms with Crippen molar-refractivity contribution in [2.45, 2.75) is 16.1 Å². The molecule has 2 aliphatic carbocycles. The molecule has 0 spiro atoms. The first-order chi connectivity index (χ1) is 9.61. The minimum Gasteiger partial charge on any atom is -0.274 e. The minimum atomic E-state index is -0.213. The van der Waals surface area contributed by atoms with Gasteiger partial charge in [0.2, 0.25) is 17.8 Å². The molecule has 4 rings (SSSR count). The van der Waals surface area contributed by atoms with Crippen LogP contribution in [0.1, 0.15) is 6.42 Å². The molecule has 0 N–H and O–H groups in total. The lowest BCUT2D eigenvalue weighted by Crippen LogP contribution is -2.37. The average Bonchev–Trinajstić information content (AvgIpc) is 3.05. The average molecular weight is 401 g/mol. The highest BCUT2D eigenvalue weighted by molar-refractivity contribution is 9.12. The first kappa shape index (κ1) is 12.9. The Morgan fingerprint density at radius 1 is 1.00 bits per heavy atom. The third-order valence-electron chi connectivity index (χ3n) is 4.74. The van der Waals surface area contributed by atoms with E-state index in [1.54, 1.807) is 18.5 Å². The van der Waals surface area contributed by atoms with Gasteiger partial charge in [0, 0.05) is 22.0 Å². The number of fused-ring (bicyclic) bond motifs is 5. The highest BCUT2D eigenvalue weighted by atomic mass is 79.9. The van der Waals surface area contributed by atoms with Gasteiger partial charge in [0.05, 0.1) is 11.8 Å². The molecular formula is C13H11Br2N3O2. The molecule has 104 valence electrons. The summed E-state index contributed by atoms with van der Waals surface area (Å²) in [6, 6.07) is 1.67. The first-order valence-electron chi connectivity index (χ1n) is 6.54. The molecule has 2 heterocycles. The molecule has 0 radical (unpaired) electrons. The van der Waals surface area contributed by atoms with Crippen molar-refractivity contribution in [1.29, 1.82) is 0 Å². The van der Waals surface area contributed by atoms with Gasteiger partial charge in [-0.1, -0.05) is 31.9 Å². The Hall–Kier alpha value is -0.820. The number of aromatic nitrogens is 2. The molecule has 0 unspecified atom stereocenters. The van der Waals surface area contributed by atoms with E-state index < -0.39 is 0 Å². The van der Waals surface area contributed by atoms with Crippen LogP contribution in [0.3, 0.4) is 0 Å². The van der Waals surface area contributed by atoms with Crippen molar-refractivity contribution in [3.8, 4) is 0 Å². The second-order valence-corrected chi connectivity index (χ2v) is 7.68. The fourth-order valence-electron chi connectivity index (χ4n) is 3.95. The summed E-state index contributed by atoms with van der Waals surface area (Å²) in [4.78, 5) is 35.0. The molecule has 2 amide bonds. The molecule has 3 aliphatic rings. The Balaban J connectivity index is 1.75. The number of carbonyl (C=O) groups excluding carboxylic acids is 2. The Morgan fingerprint density at radius 3 is 2.00 bits per heavy atom. The van der Waals surface area contributed by atoms with Crippen molar-refractivity contribution < 1.29 is 9.59 Å².